The fourth-order valence-electron chi connectivity index (χ4n) is 5.21. The number of aryl methyl sites for hydroxylation is 1. The molecule has 19 heavy (non-hydrogen) atoms. The molecule has 2 bridgehead atoms. The largest absolute Gasteiger partial charge is 0.369 e. The molecule has 5 rings (SSSR count). The summed E-state index contributed by atoms with van der Waals surface area (Å²) in [6, 6.07) is 7.08. The predicted molar refractivity (Wildman–Crippen MR) is 75.7 cm³/mol. The third kappa shape index (κ3) is 1.12. The van der Waals surface area contributed by atoms with Crippen LogP contribution in [0.3, 0.4) is 0 Å². The maximum atomic E-state index is 6.23. The van der Waals surface area contributed by atoms with Gasteiger partial charge in [0, 0.05) is 6.04 Å². The lowest BCUT2D eigenvalue weighted by atomic mass is 10.0. The van der Waals surface area contributed by atoms with Crippen LogP contribution in [-0.4, -0.2) is 9.55 Å². The van der Waals surface area contributed by atoms with E-state index in [0.29, 0.717) is 6.04 Å². The Morgan fingerprint density at radius 2 is 1.95 bits per heavy atom. The van der Waals surface area contributed by atoms with Crippen molar-refractivity contribution in [1.82, 2.24) is 9.55 Å². The molecule has 0 spiro atoms. The highest BCUT2D eigenvalue weighted by atomic mass is 15.2. The lowest BCUT2D eigenvalue weighted by Gasteiger charge is -2.12. The van der Waals surface area contributed by atoms with Gasteiger partial charge in [-0.3, -0.25) is 0 Å². The van der Waals surface area contributed by atoms with Gasteiger partial charge < -0.3 is 10.3 Å². The molecule has 1 heterocycles. The van der Waals surface area contributed by atoms with Crippen molar-refractivity contribution in [3.8, 4) is 0 Å². The van der Waals surface area contributed by atoms with E-state index in [1.165, 1.54) is 30.3 Å². The van der Waals surface area contributed by atoms with Gasteiger partial charge in [0.25, 0.3) is 0 Å². The van der Waals surface area contributed by atoms with Crippen LogP contribution in [-0.2, 0) is 0 Å². The molecule has 1 aromatic carbocycles. The topological polar surface area (TPSA) is 43.8 Å². The Bertz CT molecular complexity index is 671. The van der Waals surface area contributed by atoms with Gasteiger partial charge in [0.15, 0.2) is 0 Å². The molecule has 0 radical (unpaired) electrons. The minimum atomic E-state index is 0.651. The van der Waals surface area contributed by atoms with Crippen LogP contribution >= 0.6 is 0 Å². The van der Waals surface area contributed by atoms with Crippen LogP contribution in [0.15, 0.2) is 18.2 Å². The van der Waals surface area contributed by atoms with Gasteiger partial charge in [-0.15, -0.1) is 0 Å². The molecule has 3 aliphatic rings. The van der Waals surface area contributed by atoms with E-state index < -0.39 is 0 Å². The Morgan fingerprint density at radius 1 is 1.21 bits per heavy atom. The summed E-state index contributed by atoms with van der Waals surface area (Å²) in [7, 11) is 0. The van der Waals surface area contributed by atoms with Gasteiger partial charge in [-0.1, -0.05) is 12.1 Å². The van der Waals surface area contributed by atoms with Gasteiger partial charge in [-0.05, 0) is 61.5 Å². The van der Waals surface area contributed by atoms with Crippen molar-refractivity contribution in [3.05, 3.63) is 23.8 Å². The second kappa shape index (κ2) is 3.14. The molecule has 2 aromatic rings. The van der Waals surface area contributed by atoms with E-state index in [2.05, 4.69) is 34.7 Å². The number of nitrogen functional groups attached to an aromatic ring is 1. The van der Waals surface area contributed by atoms with Crippen molar-refractivity contribution >= 4 is 17.0 Å². The zero-order chi connectivity index (χ0) is 12.7. The van der Waals surface area contributed by atoms with Crippen molar-refractivity contribution in [2.24, 2.45) is 23.7 Å². The Morgan fingerprint density at radius 3 is 2.68 bits per heavy atom. The summed E-state index contributed by atoms with van der Waals surface area (Å²) in [5, 5.41) is 0. The Hall–Kier alpha value is -1.51. The van der Waals surface area contributed by atoms with Gasteiger partial charge in [0.2, 0.25) is 5.95 Å². The van der Waals surface area contributed by atoms with Crippen LogP contribution < -0.4 is 5.73 Å². The minimum Gasteiger partial charge on any atom is -0.369 e. The first-order valence-corrected chi connectivity index (χ1v) is 7.48. The van der Waals surface area contributed by atoms with Crippen molar-refractivity contribution in [3.63, 3.8) is 0 Å². The highest BCUT2D eigenvalue weighted by molar-refractivity contribution is 5.82. The smallest absolute Gasteiger partial charge is 0.201 e. The molecule has 3 saturated carbocycles. The molecule has 3 aliphatic carbocycles. The number of nitrogens with two attached hydrogens (primary N) is 1. The van der Waals surface area contributed by atoms with Gasteiger partial charge in [0.05, 0.1) is 11.0 Å². The summed E-state index contributed by atoms with van der Waals surface area (Å²) < 4.78 is 2.35. The average molecular weight is 253 g/mol. The highest BCUT2D eigenvalue weighted by Crippen LogP contribution is 2.72. The Labute approximate surface area is 112 Å². The molecule has 4 atom stereocenters. The molecule has 98 valence electrons. The molecular weight excluding hydrogens is 234 g/mol. The van der Waals surface area contributed by atoms with E-state index in [9.17, 15) is 0 Å². The van der Waals surface area contributed by atoms with Gasteiger partial charge in [0.1, 0.15) is 0 Å². The first-order valence-electron chi connectivity index (χ1n) is 7.48. The van der Waals surface area contributed by atoms with Crippen molar-refractivity contribution in [2.45, 2.75) is 32.2 Å². The van der Waals surface area contributed by atoms with E-state index in [-0.39, 0.29) is 0 Å². The lowest BCUT2D eigenvalue weighted by molar-refractivity contribution is 0.456. The maximum Gasteiger partial charge on any atom is 0.201 e. The summed E-state index contributed by atoms with van der Waals surface area (Å²) in [4.78, 5) is 4.61. The standard InChI is InChI=1S/C16H19N3/c1-8-3-2-4-11-14(8)18-16(17)19(11)15-12-9-5-6-10(7-9)13(12)15/h2-4,9-10,12-13,15H,5-7H2,1H3,(H2,17,18). The number of imidazole rings is 1. The average Bonchev–Trinajstić information content (AvgIpc) is 2.76. The zero-order valence-corrected chi connectivity index (χ0v) is 11.2. The van der Waals surface area contributed by atoms with Crippen molar-refractivity contribution in [2.75, 3.05) is 5.73 Å². The number of para-hydroxylation sites is 1. The number of hydrogen-bond acceptors (Lipinski definition) is 2. The van der Waals surface area contributed by atoms with Gasteiger partial charge >= 0.3 is 0 Å². The molecule has 1 aromatic heterocycles. The minimum absolute atomic E-state index is 0.651. The van der Waals surface area contributed by atoms with Crippen LogP contribution in [0, 0.1) is 30.6 Å². The Balaban J connectivity index is 1.67. The monoisotopic (exact) mass is 253 g/mol. The molecule has 0 aliphatic heterocycles. The van der Waals surface area contributed by atoms with Crippen LogP contribution in [0.2, 0.25) is 0 Å². The third-order valence-electron chi connectivity index (χ3n) is 5.94. The van der Waals surface area contributed by atoms with Crippen molar-refractivity contribution < 1.29 is 0 Å². The summed E-state index contributed by atoms with van der Waals surface area (Å²) in [6.45, 7) is 2.12. The van der Waals surface area contributed by atoms with Crippen LogP contribution in [0.25, 0.3) is 11.0 Å². The molecular formula is C16H19N3. The molecule has 3 nitrogen and oxygen atoms in total. The number of anilines is 1. The lowest BCUT2D eigenvalue weighted by Crippen LogP contribution is -2.08. The highest BCUT2D eigenvalue weighted by Gasteiger charge is 2.66. The van der Waals surface area contributed by atoms with Crippen LogP contribution in [0.5, 0.6) is 0 Å². The SMILES string of the molecule is Cc1cccc2c1nc(N)n2C1C2C3CCC(C3)C21. The van der Waals surface area contributed by atoms with E-state index in [4.69, 9.17) is 5.73 Å². The molecule has 3 fully saturated rings. The van der Waals surface area contributed by atoms with E-state index in [0.717, 1.165) is 35.1 Å². The first-order chi connectivity index (χ1) is 9.25. The predicted octanol–water partition coefficient (Wildman–Crippen LogP) is 3.14. The number of benzene rings is 1. The molecule has 0 saturated heterocycles. The second-order valence-corrected chi connectivity index (χ2v) is 6.76. The number of fused-ring (bicyclic) bond motifs is 6. The normalized spacial score (nSPS) is 38.9. The maximum absolute atomic E-state index is 6.23. The zero-order valence-electron chi connectivity index (χ0n) is 11.2. The second-order valence-electron chi connectivity index (χ2n) is 6.76. The van der Waals surface area contributed by atoms with Gasteiger partial charge in [-0.25, -0.2) is 4.98 Å². The van der Waals surface area contributed by atoms with Gasteiger partial charge in [-0.2, -0.15) is 0 Å². The van der Waals surface area contributed by atoms with E-state index in [1.54, 1.807) is 0 Å². The first kappa shape index (κ1) is 10.3. The molecule has 3 heteroatoms. The summed E-state index contributed by atoms with van der Waals surface area (Å²) in [6.07, 6.45) is 4.39. The van der Waals surface area contributed by atoms with Crippen molar-refractivity contribution in [1.29, 1.82) is 0 Å². The molecule has 4 unspecified atom stereocenters. The number of rotatable bonds is 1. The van der Waals surface area contributed by atoms with Crippen LogP contribution in [0.1, 0.15) is 30.9 Å². The summed E-state index contributed by atoms with van der Waals surface area (Å²) >= 11 is 0. The van der Waals surface area contributed by atoms with E-state index >= 15 is 0 Å². The molecule has 2 N–H and O–H groups in total. The fourth-order valence-corrected chi connectivity index (χ4v) is 5.21. The number of nitrogens with zero attached hydrogens (tertiary/aromatic N) is 2. The third-order valence-corrected chi connectivity index (χ3v) is 5.94. The number of aromatic nitrogens is 2. The van der Waals surface area contributed by atoms with E-state index in [1.807, 2.05) is 0 Å². The van der Waals surface area contributed by atoms with Crippen LogP contribution in [0.4, 0.5) is 5.95 Å². The Kier molecular flexibility index (Phi) is 1.70. The quantitative estimate of drug-likeness (QED) is 0.848. The number of hydrogen-bond donors (Lipinski definition) is 1. The summed E-state index contributed by atoms with van der Waals surface area (Å²) in [5.74, 6) is 4.48. The fraction of sp³-hybridized carbons (Fsp3) is 0.562. The summed E-state index contributed by atoms with van der Waals surface area (Å²) in [5.41, 5.74) is 9.80. The molecule has 0 amide bonds.